The molecule has 0 bridgehead atoms. The Morgan fingerprint density at radius 1 is 1.42 bits per heavy atom. The summed E-state index contributed by atoms with van der Waals surface area (Å²) in [6.07, 6.45) is 3.50. The molecule has 5 heteroatoms. The van der Waals surface area contributed by atoms with Gasteiger partial charge in [-0.1, -0.05) is 15.9 Å². The number of carboxylic acids is 1. The fourth-order valence-corrected chi connectivity index (χ4v) is 2.60. The highest BCUT2D eigenvalue weighted by atomic mass is 79.9. The molecule has 1 N–H and O–H groups in total. The lowest BCUT2D eigenvalue weighted by molar-refractivity contribution is -0.138. The van der Waals surface area contributed by atoms with E-state index in [0.29, 0.717) is 17.1 Å². The number of ether oxygens (including phenoxy) is 2. The van der Waals surface area contributed by atoms with Crippen molar-refractivity contribution in [2.75, 3.05) is 7.11 Å². The van der Waals surface area contributed by atoms with E-state index in [1.54, 1.807) is 26.2 Å². The molecule has 0 aromatic heterocycles. The van der Waals surface area contributed by atoms with Gasteiger partial charge in [0, 0.05) is 4.47 Å². The molecule has 1 aromatic rings. The maximum atomic E-state index is 11.1. The fourth-order valence-electron chi connectivity index (χ4n) is 1.94. The maximum Gasteiger partial charge on any atom is 0.310 e. The minimum Gasteiger partial charge on any atom is -0.493 e. The molecule has 0 aliphatic heterocycles. The molecule has 1 atom stereocenters. The zero-order chi connectivity index (χ0) is 14.0. The lowest BCUT2D eigenvalue weighted by atomic mass is 9.96. The molecule has 4 nitrogen and oxygen atoms in total. The largest absolute Gasteiger partial charge is 0.493 e. The van der Waals surface area contributed by atoms with Crippen LogP contribution in [0.2, 0.25) is 0 Å². The molecule has 0 amide bonds. The summed E-state index contributed by atoms with van der Waals surface area (Å²) in [5.41, 5.74) is 0.697. The maximum absolute atomic E-state index is 11.1. The van der Waals surface area contributed by atoms with Crippen molar-refractivity contribution in [2.24, 2.45) is 0 Å². The summed E-state index contributed by atoms with van der Waals surface area (Å²) in [5, 5.41) is 9.12. The first-order valence-corrected chi connectivity index (χ1v) is 7.09. The third kappa shape index (κ3) is 3.03. The van der Waals surface area contributed by atoms with Crippen molar-refractivity contribution in [2.45, 2.75) is 38.2 Å². The number of carbonyl (C=O) groups is 1. The van der Waals surface area contributed by atoms with Crippen molar-refractivity contribution in [3.8, 4) is 11.5 Å². The first-order chi connectivity index (χ1) is 9.02. The zero-order valence-corrected chi connectivity index (χ0v) is 12.6. The van der Waals surface area contributed by atoms with Crippen LogP contribution in [0, 0.1) is 0 Å². The molecule has 1 aliphatic carbocycles. The summed E-state index contributed by atoms with van der Waals surface area (Å²) >= 11 is 3.39. The van der Waals surface area contributed by atoms with Crippen LogP contribution in [0.4, 0.5) is 0 Å². The normalized spacial score (nSPS) is 16.6. The Kier molecular flexibility index (Phi) is 4.34. The molecule has 0 spiro atoms. The molecule has 104 valence electrons. The van der Waals surface area contributed by atoms with E-state index in [1.165, 1.54) is 6.42 Å². The van der Waals surface area contributed by atoms with Gasteiger partial charge in [0.15, 0.2) is 11.5 Å². The number of rotatable bonds is 5. The Morgan fingerprint density at radius 2 is 2.11 bits per heavy atom. The summed E-state index contributed by atoms with van der Waals surface area (Å²) in [6.45, 7) is 1.65. The molecular weight excluding hydrogens is 312 g/mol. The van der Waals surface area contributed by atoms with Gasteiger partial charge in [0.1, 0.15) is 0 Å². The standard InChI is InChI=1S/C14H17BrO4/c1-8(14(16)17)10-6-13(19-9-4-3-5-9)12(18-2)7-11(10)15/h6-9H,3-5H2,1-2H3,(H,16,17). The average Bonchev–Trinajstić information content (AvgIpc) is 2.33. The van der Waals surface area contributed by atoms with E-state index in [1.807, 2.05) is 0 Å². The number of methoxy groups -OCH3 is 1. The Morgan fingerprint density at radius 3 is 2.58 bits per heavy atom. The van der Waals surface area contributed by atoms with Crippen LogP contribution >= 0.6 is 15.9 Å². The van der Waals surface area contributed by atoms with Gasteiger partial charge >= 0.3 is 5.97 Å². The van der Waals surface area contributed by atoms with Crippen molar-refractivity contribution in [3.63, 3.8) is 0 Å². The third-order valence-electron chi connectivity index (χ3n) is 3.47. The Bertz CT molecular complexity index is 483. The summed E-state index contributed by atoms with van der Waals surface area (Å²) < 4.78 is 11.9. The first-order valence-electron chi connectivity index (χ1n) is 6.29. The van der Waals surface area contributed by atoms with E-state index < -0.39 is 11.9 Å². The number of hydrogen-bond donors (Lipinski definition) is 1. The third-order valence-corrected chi connectivity index (χ3v) is 4.15. The highest BCUT2D eigenvalue weighted by Gasteiger charge is 2.24. The number of aliphatic carboxylic acids is 1. The van der Waals surface area contributed by atoms with E-state index >= 15 is 0 Å². The van der Waals surface area contributed by atoms with E-state index in [4.69, 9.17) is 14.6 Å². The van der Waals surface area contributed by atoms with Crippen molar-refractivity contribution in [1.82, 2.24) is 0 Å². The van der Waals surface area contributed by atoms with Crippen LogP contribution in [0.3, 0.4) is 0 Å². The number of carboxylic acid groups (broad SMARTS) is 1. The second-order valence-electron chi connectivity index (χ2n) is 4.76. The second kappa shape index (κ2) is 5.82. The molecule has 0 radical (unpaired) electrons. The molecule has 19 heavy (non-hydrogen) atoms. The zero-order valence-electron chi connectivity index (χ0n) is 11.0. The first kappa shape index (κ1) is 14.2. The van der Waals surface area contributed by atoms with E-state index in [-0.39, 0.29) is 6.10 Å². The van der Waals surface area contributed by atoms with Crippen LogP contribution < -0.4 is 9.47 Å². The predicted octanol–water partition coefficient (Wildman–Crippen LogP) is 3.58. The minimum absolute atomic E-state index is 0.225. The number of benzene rings is 1. The Hall–Kier alpha value is -1.23. The smallest absolute Gasteiger partial charge is 0.310 e. The average molecular weight is 329 g/mol. The van der Waals surface area contributed by atoms with Crippen LogP contribution in [0.15, 0.2) is 16.6 Å². The van der Waals surface area contributed by atoms with Crippen LogP contribution in [-0.4, -0.2) is 24.3 Å². The molecule has 1 aromatic carbocycles. The molecule has 0 heterocycles. The highest BCUT2D eigenvalue weighted by Crippen LogP contribution is 2.39. The van der Waals surface area contributed by atoms with Crippen LogP contribution in [-0.2, 0) is 4.79 Å². The van der Waals surface area contributed by atoms with Gasteiger partial charge in [-0.05, 0) is 43.9 Å². The molecule has 0 saturated heterocycles. The summed E-state index contributed by atoms with van der Waals surface area (Å²) in [7, 11) is 1.58. The monoisotopic (exact) mass is 328 g/mol. The van der Waals surface area contributed by atoms with E-state index in [0.717, 1.165) is 17.3 Å². The van der Waals surface area contributed by atoms with Crippen LogP contribution in [0.25, 0.3) is 0 Å². The lowest BCUT2D eigenvalue weighted by Crippen LogP contribution is -2.25. The molecule has 1 unspecified atom stereocenters. The predicted molar refractivity (Wildman–Crippen MR) is 75.0 cm³/mol. The van der Waals surface area contributed by atoms with Crippen molar-refractivity contribution < 1.29 is 19.4 Å². The van der Waals surface area contributed by atoms with E-state index in [2.05, 4.69) is 15.9 Å². The van der Waals surface area contributed by atoms with Gasteiger partial charge in [-0.3, -0.25) is 4.79 Å². The highest BCUT2D eigenvalue weighted by molar-refractivity contribution is 9.10. The van der Waals surface area contributed by atoms with Gasteiger partial charge in [0.25, 0.3) is 0 Å². The van der Waals surface area contributed by atoms with Crippen LogP contribution in [0.1, 0.15) is 37.7 Å². The van der Waals surface area contributed by atoms with Gasteiger partial charge in [-0.15, -0.1) is 0 Å². The van der Waals surface area contributed by atoms with Gasteiger partial charge in [-0.25, -0.2) is 0 Å². The Balaban J connectivity index is 2.33. The minimum atomic E-state index is -0.861. The second-order valence-corrected chi connectivity index (χ2v) is 5.61. The van der Waals surface area contributed by atoms with Gasteiger partial charge < -0.3 is 14.6 Å². The summed E-state index contributed by atoms with van der Waals surface area (Å²) in [4.78, 5) is 11.1. The van der Waals surface area contributed by atoms with Gasteiger partial charge in [0.05, 0.1) is 19.1 Å². The number of hydrogen-bond acceptors (Lipinski definition) is 3. The summed E-state index contributed by atoms with van der Waals surface area (Å²) in [5.74, 6) is -0.205. The van der Waals surface area contributed by atoms with Gasteiger partial charge in [0.2, 0.25) is 0 Å². The molecular formula is C14H17BrO4. The van der Waals surface area contributed by atoms with Gasteiger partial charge in [-0.2, -0.15) is 0 Å². The quantitative estimate of drug-likeness (QED) is 0.897. The molecule has 1 fully saturated rings. The molecule has 1 saturated carbocycles. The molecule has 1 aliphatic rings. The fraction of sp³-hybridized carbons (Fsp3) is 0.500. The van der Waals surface area contributed by atoms with Crippen LogP contribution in [0.5, 0.6) is 11.5 Å². The lowest BCUT2D eigenvalue weighted by Gasteiger charge is -2.27. The topological polar surface area (TPSA) is 55.8 Å². The Labute approximate surface area is 120 Å². The molecule has 2 rings (SSSR count). The van der Waals surface area contributed by atoms with Crippen molar-refractivity contribution in [3.05, 3.63) is 22.2 Å². The number of halogens is 1. The SMILES string of the molecule is COc1cc(Br)c(C(C)C(=O)O)cc1OC1CCC1. The summed E-state index contributed by atoms with van der Waals surface area (Å²) in [6, 6.07) is 3.53. The van der Waals surface area contributed by atoms with Crippen molar-refractivity contribution in [1.29, 1.82) is 0 Å². The van der Waals surface area contributed by atoms with E-state index in [9.17, 15) is 4.79 Å². The van der Waals surface area contributed by atoms with Crippen molar-refractivity contribution >= 4 is 21.9 Å².